The molecule has 0 rings (SSSR count). The van der Waals surface area contributed by atoms with Crippen LogP contribution < -0.4 is 0 Å². The molecule has 0 aliphatic rings. The van der Waals surface area contributed by atoms with Crippen LogP contribution in [0.1, 0.15) is 20.3 Å². The molecule has 0 aliphatic carbocycles. The van der Waals surface area contributed by atoms with Crippen molar-refractivity contribution in [1.29, 1.82) is 0 Å². The maximum absolute atomic E-state index is 10.7. The summed E-state index contributed by atoms with van der Waals surface area (Å²) in [5.74, 6) is 1.05. The van der Waals surface area contributed by atoms with E-state index in [2.05, 4.69) is 4.74 Å². The van der Waals surface area contributed by atoms with E-state index in [-0.39, 0.29) is 12.1 Å². The number of hydrogen-bond donors (Lipinski definition) is 1. The first-order valence-corrected chi connectivity index (χ1v) is 6.16. The molecule has 0 aromatic heterocycles. The van der Waals surface area contributed by atoms with Gasteiger partial charge in [-0.1, -0.05) is 0 Å². The van der Waals surface area contributed by atoms with Crippen molar-refractivity contribution in [3.63, 3.8) is 0 Å². The lowest BCUT2D eigenvalue weighted by molar-refractivity contribution is -0.140. The first-order chi connectivity index (χ1) is 7.06. The number of rotatable bonds is 8. The number of ether oxygens (including phenoxy) is 2. The van der Waals surface area contributed by atoms with E-state index in [0.29, 0.717) is 24.5 Å². The van der Waals surface area contributed by atoms with Gasteiger partial charge >= 0.3 is 5.97 Å². The number of methoxy groups -OCH3 is 1. The van der Waals surface area contributed by atoms with Crippen molar-refractivity contribution in [2.24, 2.45) is 0 Å². The number of thioether (sulfide) groups is 1. The zero-order valence-corrected chi connectivity index (χ0v) is 10.4. The molecule has 1 atom stereocenters. The van der Waals surface area contributed by atoms with Gasteiger partial charge in [0.05, 0.1) is 32.3 Å². The zero-order chi connectivity index (χ0) is 11.7. The monoisotopic (exact) mass is 236 g/mol. The summed E-state index contributed by atoms with van der Waals surface area (Å²) in [5, 5.41) is 9.46. The van der Waals surface area contributed by atoms with Crippen molar-refractivity contribution in [1.82, 2.24) is 0 Å². The predicted octanol–water partition coefficient (Wildman–Crippen LogP) is 1.07. The van der Waals surface area contributed by atoms with Gasteiger partial charge in [0.1, 0.15) is 0 Å². The first-order valence-electron chi connectivity index (χ1n) is 5.00. The molecule has 0 saturated carbocycles. The summed E-state index contributed by atoms with van der Waals surface area (Å²) in [5.41, 5.74) is 0. The molecular formula is C10H20O4S. The molecule has 0 aromatic carbocycles. The highest BCUT2D eigenvalue weighted by atomic mass is 32.2. The highest BCUT2D eigenvalue weighted by molar-refractivity contribution is 7.99. The van der Waals surface area contributed by atoms with E-state index in [9.17, 15) is 9.90 Å². The van der Waals surface area contributed by atoms with E-state index in [1.807, 2.05) is 13.8 Å². The summed E-state index contributed by atoms with van der Waals surface area (Å²) in [6.07, 6.45) is 0.0635. The predicted molar refractivity (Wildman–Crippen MR) is 61.1 cm³/mol. The van der Waals surface area contributed by atoms with Gasteiger partial charge in [0, 0.05) is 11.5 Å². The van der Waals surface area contributed by atoms with Gasteiger partial charge in [0.15, 0.2) is 0 Å². The van der Waals surface area contributed by atoms with Gasteiger partial charge in [-0.2, -0.15) is 11.8 Å². The van der Waals surface area contributed by atoms with Gasteiger partial charge in [-0.05, 0) is 13.8 Å². The Morgan fingerprint density at radius 2 is 2.13 bits per heavy atom. The van der Waals surface area contributed by atoms with Crippen molar-refractivity contribution >= 4 is 17.7 Å². The second-order valence-electron chi connectivity index (χ2n) is 3.44. The summed E-state index contributed by atoms with van der Waals surface area (Å²) in [7, 11) is 1.37. The van der Waals surface area contributed by atoms with Crippen molar-refractivity contribution in [2.75, 3.05) is 25.2 Å². The van der Waals surface area contributed by atoms with Crippen molar-refractivity contribution in [2.45, 2.75) is 32.5 Å². The molecule has 5 heteroatoms. The van der Waals surface area contributed by atoms with Crippen molar-refractivity contribution < 1.29 is 19.4 Å². The van der Waals surface area contributed by atoms with Crippen LogP contribution in [0.15, 0.2) is 0 Å². The fourth-order valence-corrected chi connectivity index (χ4v) is 1.67. The lowest BCUT2D eigenvalue weighted by Crippen LogP contribution is -2.21. The Labute approximate surface area is 95.3 Å². The standard InChI is InChI=1S/C10H20O4S/c1-8(2)14-6-9(11)7-15-5-4-10(12)13-3/h8-9,11H,4-7H2,1-3H3. The Kier molecular flexibility index (Phi) is 8.85. The van der Waals surface area contributed by atoms with Crippen LogP contribution in [-0.2, 0) is 14.3 Å². The van der Waals surface area contributed by atoms with Gasteiger partial charge in [-0.15, -0.1) is 0 Å². The molecular weight excluding hydrogens is 216 g/mol. The molecule has 1 unspecified atom stereocenters. The molecule has 0 fully saturated rings. The van der Waals surface area contributed by atoms with Gasteiger partial charge < -0.3 is 14.6 Å². The molecule has 4 nitrogen and oxygen atoms in total. The summed E-state index contributed by atoms with van der Waals surface area (Å²) < 4.78 is 9.74. The Morgan fingerprint density at radius 1 is 1.47 bits per heavy atom. The third-order valence-corrected chi connectivity index (χ3v) is 2.72. The number of hydrogen-bond acceptors (Lipinski definition) is 5. The molecule has 0 bridgehead atoms. The Balaban J connectivity index is 3.31. The highest BCUT2D eigenvalue weighted by Gasteiger charge is 2.06. The van der Waals surface area contributed by atoms with Crippen LogP contribution in [0.4, 0.5) is 0 Å². The van der Waals surface area contributed by atoms with E-state index in [0.717, 1.165) is 0 Å². The van der Waals surface area contributed by atoms with Crippen LogP contribution in [0.25, 0.3) is 0 Å². The molecule has 0 aromatic rings. The smallest absolute Gasteiger partial charge is 0.306 e. The topological polar surface area (TPSA) is 55.8 Å². The lowest BCUT2D eigenvalue weighted by Gasteiger charge is -2.12. The number of aliphatic hydroxyl groups is 1. The minimum absolute atomic E-state index is 0.139. The summed E-state index contributed by atoms with van der Waals surface area (Å²) in [6.45, 7) is 4.21. The first kappa shape index (κ1) is 14.7. The summed E-state index contributed by atoms with van der Waals surface area (Å²) >= 11 is 1.53. The fraction of sp³-hybridized carbons (Fsp3) is 0.900. The normalized spacial score (nSPS) is 12.9. The van der Waals surface area contributed by atoms with Crippen LogP contribution in [-0.4, -0.2) is 48.5 Å². The quantitative estimate of drug-likeness (QED) is 0.504. The van der Waals surface area contributed by atoms with Gasteiger partial charge in [0.25, 0.3) is 0 Å². The van der Waals surface area contributed by atoms with Crippen molar-refractivity contribution in [3.8, 4) is 0 Å². The van der Waals surface area contributed by atoms with Crippen LogP contribution in [0.3, 0.4) is 0 Å². The van der Waals surface area contributed by atoms with E-state index >= 15 is 0 Å². The maximum Gasteiger partial charge on any atom is 0.306 e. The number of aliphatic hydroxyl groups excluding tert-OH is 1. The van der Waals surface area contributed by atoms with Crippen LogP contribution in [0.5, 0.6) is 0 Å². The van der Waals surface area contributed by atoms with Crippen LogP contribution >= 0.6 is 11.8 Å². The number of esters is 1. The number of carbonyl (C=O) groups is 1. The van der Waals surface area contributed by atoms with Gasteiger partial charge in [0.2, 0.25) is 0 Å². The van der Waals surface area contributed by atoms with Gasteiger partial charge in [-0.3, -0.25) is 4.79 Å². The largest absolute Gasteiger partial charge is 0.469 e. The molecule has 0 radical (unpaired) electrons. The minimum Gasteiger partial charge on any atom is -0.469 e. The second-order valence-corrected chi connectivity index (χ2v) is 4.59. The number of carbonyl (C=O) groups excluding carboxylic acids is 1. The SMILES string of the molecule is COC(=O)CCSCC(O)COC(C)C. The minimum atomic E-state index is -0.463. The molecule has 0 spiro atoms. The molecule has 90 valence electrons. The lowest BCUT2D eigenvalue weighted by atomic mass is 10.4. The maximum atomic E-state index is 10.7. The van der Waals surface area contributed by atoms with E-state index in [1.54, 1.807) is 0 Å². The third kappa shape index (κ3) is 10.0. The van der Waals surface area contributed by atoms with E-state index in [1.165, 1.54) is 18.9 Å². The fourth-order valence-electron chi connectivity index (χ4n) is 0.829. The Bertz CT molecular complexity index is 173. The molecule has 15 heavy (non-hydrogen) atoms. The molecule has 0 saturated heterocycles. The van der Waals surface area contributed by atoms with E-state index in [4.69, 9.17) is 4.74 Å². The molecule has 0 amide bonds. The Hall–Kier alpha value is -0.260. The molecule has 0 aliphatic heterocycles. The molecule has 0 heterocycles. The van der Waals surface area contributed by atoms with E-state index < -0.39 is 6.10 Å². The summed E-state index contributed by atoms with van der Waals surface area (Å²) in [6, 6.07) is 0. The average Bonchev–Trinajstić information content (AvgIpc) is 2.21. The highest BCUT2D eigenvalue weighted by Crippen LogP contribution is 2.06. The molecule has 1 N–H and O–H groups in total. The summed E-state index contributed by atoms with van der Waals surface area (Å²) in [4.78, 5) is 10.7. The van der Waals surface area contributed by atoms with Gasteiger partial charge in [-0.25, -0.2) is 0 Å². The third-order valence-electron chi connectivity index (χ3n) is 1.61. The average molecular weight is 236 g/mol. The van der Waals surface area contributed by atoms with Crippen LogP contribution in [0.2, 0.25) is 0 Å². The van der Waals surface area contributed by atoms with Crippen LogP contribution in [0, 0.1) is 0 Å². The Morgan fingerprint density at radius 3 is 2.67 bits per heavy atom. The second kappa shape index (κ2) is 9.00. The zero-order valence-electron chi connectivity index (χ0n) is 9.56. The van der Waals surface area contributed by atoms with Crippen molar-refractivity contribution in [3.05, 3.63) is 0 Å².